The molecule has 1 unspecified atom stereocenters. The van der Waals surface area contributed by atoms with Crippen molar-refractivity contribution in [2.75, 3.05) is 11.9 Å². The number of halogens is 2. The fraction of sp³-hybridized carbons (Fsp3) is 0.300. The number of hydrogen-bond donors (Lipinski definition) is 2. The number of carboxylic acids is 1. The number of anilines is 1. The molecule has 0 radical (unpaired) electrons. The highest BCUT2D eigenvalue weighted by Crippen LogP contribution is 2.35. The number of nitrogens with one attached hydrogen (secondary N) is 1. The summed E-state index contributed by atoms with van der Waals surface area (Å²) < 4.78 is 13.1. The lowest BCUT2D eigenvalue weighted by molar-refractivity contribution is -0.138. The Morgan fingerprint density at radius 2 is 2.33 bits per heavy atom. The fourth-order valence-electron chi connectivity index (χ4n) is 1.77. The lowest BCUT2D eigenvalue weighted by atomic mass is 9.91. The van der Waals surface area contributed by atoms with E-state index < -0.39 is 17.7 Å². The second-order valence-electron chi connectivity index (χ2n) is 3.46. The van der Waals surface area contributed by atoms with Crippen molar-refractivity contribution in [3.8, 4) is 0 Å². The van der Waals surface area contributed by atoms with Gasteiger partial charge in [-0.2, -0.15) is 0 Å². The molecule has 1 heterocycles. The third-order valence-electron chi connectivity index (χ3n) is 2.51. The van der Waals surface area contributed by atoms with Gasteiger partial charge in [0, 0.05) is 12.2 Å². The maximum atomic E-state index is 13.1. The number of rotatable bonds is 1. The summed E-state index contributed by atoms with van der Waals surface area (Å²) in [5.74, 6) is -2.03. The number of aliphatic carboxylic acids is 1. The van der Waals surface area contributed by atoms with E-state index in [1.165, 1.54) is 12.1 Å². The zero-order chi connectivity index (χ0) is 11.0. The Bertz CT molecular complexity index is 422. The van der Waals surface area contributed by atoms with Gasteiger partial charge in [-0.15, -0.1) is 0 Å². The van der Waals surface area contributed by atoms with Crippen molar-refractivity contribution in [2.45, 2.75) is 12.3 Å². The molecule has 2 N–H and O–H groups in total. The van der Waals surface area contributed by atoms with Crippen LogP contribution < -0.4 is 5.32 Å². The Kier molecular flexibility index (Phi) is 2.52. The number of carbonyl (C=O) groups is 1. The van der Waals surface area contributed by atoms with Crippen LogP contribution in [0.3, 0.4) is 0 Å². The highest BCUT2D eigenvalue weighted by Gasteiger charge is 2.27. The van der Waals surface area contributed by atoms with E-state index in [0.29, 0.717) is 24.2 Å². The fourth-order valence-corrected chi connectivity index (χ4v) is 1.94. The summed E-state index contributed by atoms with van der Waals surface area (Å²) in [6.45, 7) is 0.533. The van der Waals surface area contributed by atoms with Crippen molar-refractivity contribution in [1.82, 2.24) is 0 Å². The topological polar surface area (TPSA) is 49.3 Å². The van der Waals surface area contributed by atoms with E-state index >= 15 is 0 Å². The summed E-state index contributed by atoms with van der Waals surface area (Å²) in [5, 5.41) is 11.9. The zero-order valence-corrected chi connectivity index (χ0v) is 8.51. The van der Waals surface area contributed by atoms with E-state index in [2.05, 4.69) is 5.32 Å². The van der Waals surface area contributed by atoms with Crippen LogP contribution >= 0.6 is 11.6 Å². The third kappa shape index (κ3) is 1.77. The van der Waals surface area contributed by atoms with Gasteiger partial charge in [-0.3, -0.25) is 4.79 Å². The number of carboxylic acid groups (broad SMARTS) is 1. The highest BCUT2D eigenvalue weighted by atomic mass is 35.5. The minimum Gasteiger partial charge on any atom is -0.481 e. The summed E-state index contributed by atoms with van der Waals surface area (Å²) >= 11 is 5.62. The van der Waals surface area contributed by atoms with Crippen molar-refractivity contribution in [1.29, 1.82) is 0 Å². The standard InChI is InChI=1S/C10H9ClFNO2/c11-7-3-6-5(10(14)15)1-2-13-9(6)4-8(7)12/h3-5,13H,1-2H2,(H,14,15). The molecule has 1 aromatic rings. The Balaban J connectivity index is 2.51. The number of benzene rings is 1. The minimum atomic E-state index is -0.902. The van der Waals surface area contributed by atoms with Crippen LogP contribution in [0.1, 0.15) is 17.9 Å². The van der Waals surface area contributed by atoms with Crippen LogP contribution in [0.2, 0.25) is 5.02 Å². The quantitative estimate of drug-likeness (QED) is 0.778. The maximum absolute atomic E-state index is 13.1. The molecule has 2 rings (SSSR count). The van der Waals surface area contributed by atoms with E-state index in [1.807, 2.05) is 0 Å². The van der Waals surface area contributed by atoms with Gasteiger partial charge in [-0.05, 0) is 24.1 Å². The van der Waals surface area contributed by atoms with Gasteiger partial charge in [0.2, 0.25) is 0 Å². The zero-order valence-electron chi connectivity index (χ0n) is 7.76. The molecule has 1 aliphatic heterocycles. The molecule has 80 valence electrons. The summed E-state index contributed by atoms with van der Waals surface area (Å²) in [5.41, 5.74) is 1.08. The normalized spacial score (nSPS) is 19.2. The summed E-state index contributed by atoms with van der Waals surface area (Å²) in [4.78, 5) is 10.9. The Hall–Kier alpha value is -1.29. The average Bonchev–Trinajstić information content (AvgIpc) is 2.18. The van der Waals surface area contributed by atoms with Gasteiger partial charge in [0.15, 0.2) is 0 Å². The first-order valence-corrected chi connectivity index (χ1v) is 4.93. The van der Waals surface area contributed by atoms with Crippen LogP contribution in [0.25, 0.3) is 0 Å². The Morgan fingerprint density at radius 1 is 1.60 bits per heavy atom. The highest BCUT2D eigenvalue weighted by molar-refractivity contribution is 6.31. The third-order valence-corrected chi connectivity index (χ3v) is 2.80. The molecule has 0 bridgehead atoms. The molecule has 3 nitrogen and oxygen atoms in total. The molecule has 0 saturated carbocycles. The largest absolute Gasteiger partial charge is 0.481 e. The Labute approximate surface area is 90.9 Å². The molecule has 0 aromatic heterocycles. The van der Waals surface area contributed by atoms with Crippen molar-refractivity contribution in [3.05, 3.63) is 28.5 Å². The monoisotopic (exact) mass is 229 g/mol. The van der Waals surface area contributed by atoms with Crippen LogP contribution in [-0.2, 0) is 4.79 Å². The van der Waals surface area contributed by atoms with Gasteiger partial charge >= 0.3 is 5.97 Å². The smallest absolute Gasteiger partial charge is 0.311 e. The predicted octanol–water partition coefficient (Wildman–Crippen LogP) is 2.46. The van der Waals surface area contributed by atoms with Gasteiger partial charge in [0.1, 0.15) is 5.82 Å². The van der Waals surface area contributed by atoms with Crippen LogP contribution in [-0.4, -0.2) is 17.6 Å². The molecule has 5 heteroatoms. The molecule has 15 heavy (non-hydrogen) atoms. The molecular formula is C10H9ClFNO2. The van der Waals surface area contributed by atoms with Crippen molar-refractivity contribution in [2.24, 2.45) is 0 Å². The van der Waals surface area contributed by atoms with Gasteiger partial charge in [-0.1, -0.05) is 11.6 Å². The molecule has 0 aliphatic carbocycles. The van der Waals surface area contributed by atoms with Gasteiger partial charge in [0.25, 0.3) is 0 Å². The summed E-state index contributed by atoms with van der Waals surface area (Å²) in [6.07, 6.45) is 0.490. The van der Waals surface area contributed by atoms with Gasteiger partial charge < -0.3 is 10.4 Å². The maximum Gasteiger partial charge on any atom is 0.311 e. The van der Waals surface area contributed by atoms with E-state index in [-0.39, 0.29) is 5.02 Å². The molecular weight excluding hydrogens is 221 g/mol. The minimum absolute atomic E-state index is 0.0382. The van der Waals surface area contributed by atoms with Crippen LogP contribution in [0.15, 0.2) is 12.1 Å². The van der Waals surface area contributed by atoms with E-state index in [1.54, 1.807) is 0 Å². The molecule has 0 fully saturated rings. The molecule has 0 saturated heterocycles. The second-order valence-corrected chi connectivity index (χ2v) is 3.87. The SMILES string of the molecule is O=C(O)C1CCNc2cc(F)c(Cl)cc21. The lowest BCUT2D eigenvalue weighted by Crippen LogP contribution is -2.22. The van der Waals surface area contributed by atoms with Crippen molar-refractivity contribution >= 4 is 23.3 Å². The average molecular weight is 230 g/mol. The summed E-state index contributed by atoms with van der Waals surface area (Å²) in [6, 6.07) is 2.63. The van der Waals surface area contributed by atoms with E-state index in [4.69, 9.17) is 16.7 Å². The van der Waals surface area contributed by atoms with Gasteiger partial charge in [-0.25, -0.2) is 4.39 Å². The first-order chi connectivity index (χ1) is 7.09. The molecule has 0 amide bonds. The number of hydrogen-bond acceptors (Lipinski definition) is 2. The molecule has 1 aliphatic rings. The summed E-state index contributed by atoms with van der Waals surface area (Å²) in [7, 11) is 0. The second kappa shape index (κ2) is 3.70. The predicted molar refractivity (Wildman–Crippen MR) is 54.9 cm³/mol. The van der Waals surface area contributed by atoms with E-state index in [0.717, 1.165) is 0 Å². The van der Waals surface area contributed by atoms with E-state index in [9.17, 15) is 9.18 Å². The van der Waals surface area contributed by atoms with Crippen molar-refractivity contribution < 1.29 is 14.3 Å². The van der Waals surface area contributed by atoms with Crippen LogP contribution in [0, 0.1) is 5.82 Å². The van der Waals surface area contributed by atoms with Crippen LogP contribution in [0.5, 0.6) is 0 Å². The first-order valence-electron chi connectivity index (χ1n) is 4.55. The van der Waals surface area contributed by atoms with Crippen LogP contribution in [0.4, 0.5) is 10.1 Å². The van der Waals surface area contributed by atoms with Gasteiger partial charge in [0.05, 0.1) is 10.9 Å². The number of fused-ring (bicyclic) bond motifs is 1. The lowest BCUT2D eigenvalue weighted by Gasteiger charge is -2.24. The molecule has 0 spiro atoms. The van der Waals surface area contributed by atoms with Crippen molar-refractivity contribution in [3.63, 3.8) is 0 Å². The molecule has 1 atom stereocenters. The Morgan fingerprint density at radius 3 is 3.00 bits per heavy atom. The molecule has 1 aromatic carbocycles. The first kappa shape index (κ1) is 10.2.